The second-order valence-corrected chi connectivity index (χ2v) is 6.26. The van der Waals surface area contributed by atoms with Gasteiger partial charge in [0.2, 0.25) is 11.8 Å². The molecule has 7 heteroatoms. The lowest BCUT2D eigenvalue weighted by Crippen LogP contribution is -2.22. The summed E-state index contributed by atoms with van der Waals surface area (Å²) < 4.78 is 19.1. The number of carbonyl (C=O) groups is 1. The van der Waals surface area contributed by atoms with E-state index in [1.807, 2.05) is 30.3 Å². The van der Waals surface area contributed by atoms with Crippen LogP contribution in [0.5, 0.6) is 0 Å². The number of nitrogens with one attached hydrogen (secondary N) is 1. The van der Waals surface area contributed by atoms with Crippen molar-refractivity contribution in [2.45, 2.75) is 17.4 Å². The standard InChI is InChI=1S/C17H14FN3O2S/c1-11(15(22)19-14-10-6-5-9-13(14)18)24-17-21-20-16(23-17)12-7-3-2-4-8-12/h2-11H,1H3,(H,19,22)/t11-/m0/s1. The summed E-state index contributed by atoms with van der Waals surface area (Å²) in [6.45, 7) is 1.69. The van der Waals surface area contributed by atoms with Crippen molar-refractivity contribution in [1.82, 2.24) is 10.2 Å². The Bertz CT molecular complexity index is 839. The average Bonchev–Trinajstić information content (AvgIpc) is 3.06. The van der Waals surface area contributed by atoms with Gasteiger partial charge in [0.25, 0.3) is 5.22 Å². The first kappa shape index (κ1) is 16.2. The van der Waals surface area contributed by atoms with E-state index in [2.05, 4.69) is 15.5 Å². The maximum absolute atomic E-state index is 13.6. The zero-order valence-electron chi connectivity index (χ0n) is 12.8. The van der Waals surface area contributed by atoms with Crippen LogP contribution in [0, 0.1) is 5.82 Å². The minimum Gasteiger partial charge on any atom is -0.411 e. The first-order chi connectivity index (χ1) is 11.6. The monoisotopic (exact) mass is 343 g/mol. The van der Waals surface area contributed by atoms with Gasteiger partial charge in [-0.25, -0.2) is 4.39 Å². The molecule has 0 saturated heterocycles. The molecule has 0 aliphatic carbocycles. The van der Waals surface area contributed by atoms with Crippen LogP contribution >= 0.6 is 11.8 Å². The number of amides is 1. The van der Waals surface area contributed by atoms with Crippen LogP contribution in [0.2, 0.25) is 0 Å². The van der Waals surface area contributed by atoms with Gasteiger partial charge in [0.15, 0.2) is 0 Å². The van der Waals surface area contributed by atoms with Gasteiger partial charge in [-0.3, -0.25) is 4.79 Å². The van der Waals surface area contributed by atoms with Gasteiger partial charge < -0.3 is 9.73 Å². The number of benzene rings is 2. The van der Waals surface area contributed by atoms with Crippen LogP contribution in [0.25, 0.3) is 11.5 Å². The van der Waals surface area contributed by atoms with Crippen LogP contribution < -0.4 is 5.32 Å². The minimum atomic E-state index is -0.520. The van der Waals surface area contributed by atoms with Crippen LogP contribution in [0.3, 0.4) is 0 Å². The van der Waals surface area contributed by atoms with E-state index in [-0.39, 0.29) is 16.8 Å². The lowest BCUT2D eigenvalue weighted by Gasteiger charge is -2.10. The molecule has 0 fully saturated rings. The summed E-state index contributed by atoms with van der Waals surface area (Å²) in [5.74, 6) is -0.434. The van der Waals surface area contributed by atoms with E-state index in [0.717, 1.165) is 17.3 Å². The summed E-state index contributed by atoms with van der Waals surface area (Å²) in [7, 11) is 0. The van der Waals surface area contributed by atoms with Crippen molar-refractivity contribution in [3.8, 4) is 11.5 Å². The first-order valence-corrected chi connectivity index (χ1v) is 8.12. The second-order valence-electron chi connectivity index (χ2n) is 4.97. The van der Waals surface area contributed by atoms with Crippen LogP contribution in [0.15, 0.2) is 64.2 Å². The van der Waals surface area contributed by atoms with Crippen LogP contribution in [0.4, 0.5) is 10.1 Å². The van der Waals surface area contributed by atoms with Gasteiger partial charge in [0.05, 0.1) is 10.9 Å². The van der Waals surface area contributed by atoms with E-state index < -0.39 is 11.1 Å². The van der Waals surface area contributed by atoms with Gasteiger partial charge >= 0.3 is 0 Å². The Balaban J connectivity index is 1.65. The predicted octanol–water partition coefficient (Wildman–Crippen LogP) is 4.00. The lowest BCUT2D eigenvalue weighted by atomic mass is 10.2. The Hall–Kier alpha value is -2.67. The topological polar surface area (TPSA) is 68.0 Å². The molecule has 5 nitrogen and oxygen atoms in total. The SMILES string of the molecule is C[C@H](Sc1nnc(-c2ccccc2)o1)C(=O)Nc1ccccc1F. The van der Waals surface area contributed by atoms with Gasteiger partial charge in [0.1, 0.15) is 5.82 Å². The zero-order valence-corrected chi connectivity index (χ0v) is 13.6. The van der Waals surface area contributed by atoms with Crippen molar-refractivity contribution in [3.63, 3.8) is 0 Å². The van der Waals surface area contributed by atoms with Crippen molar-refractivity contribution in [2.24, 2.45) is 0 Å². The minimum absolute atomic E-state index is 0.144. The molecule has 122 valence electrons. The molecule has 24 heavy (non-hydrogen) atoms. The largest absolute Gasteiger partial charge is 0.411 e. The van der Waals surface area contributed by atoms with E-state index >= 15 is 0 Å². The summed E-state index contributed by atoms with van der Waals surface area (Å²) in [6.07, 6.45) is 0. The van der Waals surface area contributed by atoms with E-state index in [4.69, 9.17) is 4.42 Å². The number of nitrogens with zero attached hydrogens (tertiary/aromatic N) is 2. The molecule has 0 spiro atoms. The molecule has 0 aliphatic rings. The van der Waals surface area contributed by atoms with Crippen molar-refractivity contribution < 1.29 is 13.6 Å². The van der Waals surface area contributed by atoms with Gasteiger partial charge in [-0.2, -0.15) is 0 Å². The Labute approximate surface area is 142 Å². The van der Waals surface area contributed by atoms with Gasteiger partial charge in [0, 0.05) is 5.56 Å². The highest BCUT2D eigenvalue weighted by Gasteiger charge is 2.19. The van der Waals surface area contributed by atoms with Crippen molar-refractivity contribution in [2.75, 3.05) is 5.32 Å². The van der Waals surface area contributed by atoms with Gasteiger partial charge in [-0.05, 0) is 31.2 Å². The molecule has 2 aromatic carbocycles. The Morgan fingerprint density at radius 1 is 1.12 bits per heavy atom. The molecule has 0 aliphatic heterocycles. The van der Waals surface area contributed by atoms with E-state index in [1.54, 1.807) is 19.1 Å². The fourth-order valence-corrected chi connectivity index (χ4v) is 2.64. The highest BCUT2D eigenvalue weighted by molar-refractivity contribution is 8.00. The number of hydrogen-bond acceptors (Lipinski definition) is 5. The molecule has 3 rings (SSSR count). The molecular formula is C17H14FN3O2S. The molecule has 1 N–H and O–H groups in total. The highest BCUT2D eigenvalue weighted by Crippen LogP contribution is 2.26. The summed E-state index contributed by atoms with van der Waals surface area (Å²) >= 11 is 1.12. The molecule has 1 amide bonds. The third-order valence-electron chi connectivity index (χ3n) is 3.21. The maximum Gasteiger partial charge on any atom is 0.277 e. The quantitative estimate of drug-likeness (QED) is 0.709. The molecule has 0 saturated carbocycles. The van der Waals surface area contributed by atoms with Crippen molar-refractivity contribution in [1.29, 1.82) is 0 Å². The Morgan fingerprint density at radius 3 is 2.58 bits per heavy atom. The fraction of sp³-hybridized carbons (Fsp3) is 0.118. The number of para-hydroxylation sites is 1. The number of rotatable bonds is 5. The summed E-state index contributed by atoms with van der Waals surface area (Å²) in [5.41, 5.74) is 0.950. The Kier molecular flexibility index (Phi) is 4.90. The van der Waals surface area contributed by atoms with Crippen LogP contribution in [-0.4, -0.2) is 21.4 Å². The maximum atomic E-state index is 13.6. The Morgan fingerprint density at radius 2 is 1.83 bits per heavy atom. The van der Waals surface area contributed by atoms with E-state index in [0.29, 0.717) is 5.89 Å². The van der Waals surface area contributed by atoms with E-state index in [1.165, 1.54) is 12.1 Å². The molecule has 1 atom stereocenters. The van der Waals surface area contributed by atoms with Gasteiger partial charge in [-0.15, -0.1) is 10.2 Å². The summed E-state index contributed by atoms with van der Waals surface area (Å²) in [6, 6.07) is 15.4. The number of halogens is 1. The molecule has 1 aromatic heterocycles. The third-order valence-corrected chi connectivity index (χ3v) is 4.14. The van der Waals surface area contributed by atoms with Crippen LogP contribution in [0.1, 0.15) is 6.92 Å². The number of thioether (sulfide) groups is 1. The zero-order chi connectivity index (χ0) is 16.9. The van der Waals surface area contributed by atoms with Crippen molar-refractivity contribution >= 4 is 23.4 Å². The molecular weight excluding hydrogens is 329 g/mol. The first-order valence-electron chi connectivity index (χ1n) is 7.24. The normalized spacial score (nSPS) is 11.9. The number of hydrogen-bond donors (Lipinski definition) is 1. The molecule has 0 radical (unpaired) electrons. The van der Waals surface area contributed by atoms with Gasteiger partial charge in [-0.1, -0.05) is 42.1 Å². The second kappa shape index (κ2) is 7.27. The summed E-state index contributed by atoms with van der Waals surface area (Å²) in [4.78, 5) is 12.2. The molecule has 0 unspecified atom stereocenters. The smallest absolute Gasteiger partial charge is 0.277 e. The number of aromatic nitrogens is 2. The highest BCUT2D eigenvalue weighted by atomic mass is 32.2. The predicted molar refractivity (Wildman–Crippen MR) is 90.1 cm³/mol. The number of carbonyl (C=O) groups excluding carboxylic acids is 1. The van der Waals surface area contributed by atoms with Crippen molar-refractivity contribution in [3.05, 3.63) is 60.4 Å². The van der Waals surface area contributed by atoms with E-state index in [9.17, 15) is 9.18 Å². The summed E-state index contributed by atoms with van der Waals surface area (Å²) in [5, 5.41) is 10.2. The molecule has 3 aromatic rings. The third kappa shape index (κ3) is 3.80. The molecule has 0 bridgehead atoms. The number of anilines is 1. The van der Waals surface area contributed by atoms with Crippen LogP contribution in [-0.2, 0) is 4.79 Å². The molecule has 1 heterocycles. The fourth-order valence-electron chi connectivity index (χ4n) is 1.96. The average molecular weight is 343 g/mol. The lowest BCUT2D eigenvalue weighted by molar-refractivity contribution is -0.115.